The molecule has 8 nitrogen and oxygen atoms in total. The fourth-order valence-electron chi connectivity index (χ4n) is 6.02. The van der Waals surface area contributed by atoms with Crippen LogP contribution in [0.1, 0.15) is 73.8 Å². The number of aryl methyl sites for hydroxylation is 2. The van der Waals surface area contributed by atoms with Gasteiger partial charge in [-0.15, -0.1) is 0 Å². The van der Waals surface area contributed by atoms with E-state index >= 15 is 0 Å². The minimum Gasteiger partial charge on any atom is -0.459 e. The zero-order chi connectivity index (χ0) is 35.9. The van der Waals surface area contributed by atoms with Crippen molar-refractivity contribution in [3.05, 3.63) is 130 Å². The van der Waals surface area contributed by atoms with Crippen LogP contribution in [0.3, 0.4) is 0 Å². The summed E-state index contributed by atoms with van der Waals surface area (Å²) in [6.07, 6.45) is 6.65. The number of fused-ring (bicyclic) bond motifs is 1. The van der Waals surface area contributed by atoms with Crippen molar-refractivity contribution >= 4 is 23.5 Å². The first kappa shape index (κ1) is 37.9. The standard InChI is InChI=1S/C42H48ClNO7/c1-31(44-30-37(45)35-21-14-22-36(43)29-35)27-34-23-24-38-39(28-34)51-42(50-38,40(46)48-25-12-4-10-19-32-15-6-2-7-16-32)41(47)49-26-13-5-11-20-33-17-8-3-9-18-33/h2-3,6-9,14-18,21-24,28-29,31,37,44-45H,4-5,10-13,19-20,25-27,30H2,1H3/t31-,37+/m1/s1. The Morgan fingerprint density at radius 3 is 1.88 bits per heavy atom. The van der Waals surface area contributed by atoms with E-state index in [2.05, 4.69) is 29.6 Å². The number of carbonyl (C=O) groups is 2. The van der Waals surface area contributed by atoms with Gasteiger partial charge in [0.2, 0.25) is 0 Å². The number of hydrogen-bond donors (Lipinski definition) is 2. The van der Waals surface area contributed by atoms with E-state index < -0.39 is 23.8 Å². The van der Waals surface area contributed by atoms with Gasteiger partial charge in [-0.05, 0) is 111 Å². The molecule has 0 amide bonds. The highest BCUT2D eigenvalue weighted by molar-refractivity contribution is 6.30. The van der Waals surface area contributed by atoms with Crippen molar-refractivity contribution < 1.29 is 33.6 Å². The van der Waals surface area contributed by atoms with Crippen molar-refractivity contribution in [2.45, 2.75) is 82.6 Å². The zero-order valence-corrected chi connectivity index (χ0v) is 30.0. The van der Waals surface area contributed by atoms with Crippen LogP contribution in [0.2, 0.25) is 5.02 Å². The molecule has 0 fully saturated rings. The van der Waals surface area contributed by atoms with Crippen molar-refractivity contribution in [3.63, 3.8) is 0 Å². The van der Waals surface area contributed by atoms with Crippen LogP contribution in [0, 0.1) is 0 Å². The molecular formula is C42H48ClNO7. The van der Waals surface area contributed by atoms with Crippen LogP contribution in [0.5, 0.6) is 11.5 Å². The number of halogens is 1. The summed E-state index contributed by atoms with van der Waals surface area (Å²) >= 11 is 6.08. The van der Waals surface area contributed by atoms with Crippen molar-refractivity contribution in [2.24, 2.45) is 0 Å². The summed E-state index contributed by atoms with van der Waals surface area (Å²) in [6, 6.07) is 32.9. The molecule has 1 aliphatic heterocycles. The minimum absolute atomic E-state index is 0.0114. The monoisotopic (exact) mass is 713 g/mol. The minimum atomic E-state index is -2.38. The SMILES string of the molecule is C[C@H](Cc1ccc2c(c1)OC(C(=O)OCCCCCc1ccccc1)(C(=O)OCCCCCc1ccccc1)O2)NC[C@H](O)c1cccc(Cl)c1. The Bertz CT molecular complexity index is 1620. The van der Waals surface area contributed by atoms with Gasteiger partial charge in [0.1, 0.15) is 0 Å². The van der Waals surface area contributed by atoms with E-state index in [0.717, 1.165) is 49.7 Å². The topological polar surface area (TPSA) is 103 Å². The van der Waals surface area contributed by atoms with E-state index in [-0.39, 0.29) is 30.8 Å². The quantitative estimate of drug-likeness (QED) is 0.0540. The smallest absolute Gasteiger partial charge is 0.453 e. The summed E-state index contributed by atoms with van der Waals surface area (Å²) in [7, 11) is 0. The lowest BCUT2D eigenvalue weighted by molar-refractivity contribution is -0.202. The van der Waals surface area contributed by atoms with E-state index in [1.165, 1.54) is 11.1 Å². The van der Waals surface area contributed by atoms with Crippen molar-refractivity contribution in [1.82, 2.24) is 5.32 Å². The maximum absolute atomic E-state index is 13.6. The van der Waals surface area contributed by atoms with Crippen LogP contribution in [-0.2, 0) is 38.3 Å². The largest absolute Gasteiger partial charge is 0.459 e. The summed E-state index contributed by atoms with van der Waals surface area (Å²) in [6.45, 7) is 2.60. The van der Waals surface area contributed by atoms with Gasteiger partial charge in [-0.1, -0.05) is 90.5 Å². The number of ether oxygens (including phenoxy) is 4. The summed E-state index contributed by atoms with van der Waals surface area (Å²) in [5.41, 5.74) is 4.16. The second kappa shape index (κ2) is 19.3. The molecule has 0 saturated carbocycles. The second-order valence-corrected chi connectivity index (χ2v) is 13.5. The number of rotatable bonds is 20. The number of unbranched alkanes of at least 4 members (excludes halogenated alkanes) is 4. The third kappa shape index (κ3) is 11.3. The molecule has 51 heavy (non-hydrogen) atoms. The van der Waals surface area contributed by atoms with Crippen molar-refractivity contribution in [2.75, 3.05) is 19.8 Å². The zero-order valence-electron chi connectivity index (χ0n) is 29.2. The molecule has 4 aromatic carbocycles. The number of nitrogens with one attached hydrogen (secondary N) is 1. The van der Waals surface area contributed by atoms with Crippen LogP contribution in [0.15, 0.2) is 103 Å². The van der Waals surface area contributed by atoms with Gasteiger partial charge in [0.05, 0.1) is 19.3 Å². The van der Waals surface area contributed by atoms with E-state index in [0.29, 0.717) is 30.8 Å². The molecule has 2 N–H and O–H groups in total. The van der Waals surface area contributed by atoms with Gasteiger partial charge in [-0.3, -0.25) is 0 Å². The molecule has 0 spiro atoms. The molecule has 5 rings (SSSR count). The van der Waals surface area contributed by atoms with Crippen LogP contribution in [0.4, 0.5) is 0 Å². The second-order valence-electron chi connectivity index (χ2n) is 13.1. The molecule has 4 aromatic rings. The van der Waals surface area contributed by atoms with Gasteiger partial charge in [0.15, 0.2) is 11.5 Å². The average molecular weight is 714 g/mol. The molecule has 0 aliphatic carbocycles. The number of esters is 2. The molecule has 9 heteroatoms. The molecule has 0 radical (unpaired) electrons. The Morgan fingerprint density at radius 2 is 1.29 bits per heavy atom. The van der Waals surface area contributed by atoms with E-state index in [9.17, 15) is 14.7 Å². The Balaban J connectivity index is 1.15. The molecule has 0 bridgehead atoms. The van der Waals surface area contributed by atoms with E-state index in [1.54, 1.807) is 24.3 Å². The Kier molecular flexibility index (Phi) is 14.3. The summed E-state index contributed by atoms with van der Waals surface area (Å²) in [5, 5.41) is 14.5. The Morgan fingerprint density at radius 1 is 0.706 bits per heavy atom. The third-order valence-corrected chi connectivity index (χ3v) is 9.09. The molecule has 1 heterocycles. The fourth-order valence-corrected chi connectivity index (χ4v) is 6.22. The maximum atomic E-state index is 13.6. The fraction of sp³-hybridized carbons (Fsp3) is 0.381. The molecule has 1 aliphatic rings. The van der Waals surface area contributed by atoms with Gasteiger partial charge in [0.25, 0.3) is 0 Å². The molecule has 0 aromatic heterocycles. The van der Waals surface area contributed by atoms with Crippen LogP contribution < -0.4 is 14.8 Å². The van der Waals surface area contributed by atoms with Gasteiger partial charge in [-0.2, -0.15) is 0 Å². The maximum Gasteiger partial charge on any atom is 0.453 e. The first-order chi connectivity index (χ1) is 24.8. The van der Waals surface area contributed by atoms with E-state index in [1.807, 2.05) is 61.5 Å². The number of aliphatic hydroxyl groups is 1. The first-order valence-electron chi connectivity index (χ1n) is 17.9. The average Bonchev–Trinajstić information content (AvgIpc) is 3.54. The number of carbonyl (C=O) groups excluding carboxylic acids is 2. The van der Waals surface area contributed by atoms with E-state index in [4.69, 9.17) is 30.5 Å². The molecule has 0 saturated heterocycles. The third-order valence-electron chi connectivity index (χ3n) is 8.86. The van der Waals surface area contributed by atoms with Crippen molar-refractivity contribution in [3.8, 4) is 11.5 Å². The van der Waals surface area contributed by atoms with Gasteiger partial charge < -0.3 is 29.4 Å². The summed E-state index contributed by atoms with van der Waals surface area (Å²) in [5.74, 6) is -3.71. The molecule has 0 unspecified atom stereocenters. The van der Waals surface area contributed by atoms with Crippen LogP contribution in [-0.4, -0.2) is 48.6 Å². The molecule has 2 atom stereocenters. The highest BCUT2D eigenvalue weighted by atomic mass is 35.5. The normalized spacial score (nSPS) is 14.1. The molecule has 270 valence electrons. The molecular weight excluding hydrogens is 666 g/mol. The number of benzene rings is 4. The Hall–Kier alpha value is -4.37. The van der Waals surface area contributed by atoms with Crippen molar-refractivity contribution in [1.29, 1.82) is 0 Å². The number of aliphatic hydroxyl groups excluding tert-OH is 1. The predicted octanol–water partition coefficient (Wildman–Crippen LogP) is 7.97. The lowest BCUT2D eigenvalue weighted by Gasteiger charge is -2.23. The highest BCUT2D eigenvalue weighted by Gasteiger charge is 2.59. The summed E-state index contributed by atoms with van der Waals surface area (Å²) < 4.78 is 23.2. The lowest BCUT2D eigenvalue weighted by atomic mass is 10.1. The first-order valence-corrected chi connectivity index (χ1v) is 18.3. The summed E-state index contributed by atoms with van der Waals surface area (Å²) in [4.78, 5) is 27.1. The number of hydrogen-bond acceptors (Lipinski definition) is 8. The van der Waals surface area contributed by atoms with Crippen LogP contribution in [0.25, 0.3) is 0 Å². The van der Waals surface area contributed by atoms with Gasteiger partial charge >= 0.3 is 17.7 Å². The Labute approximate surface area is 306 Å². The predicted molar refractivity (Wildman–Crippen MR) is 198 cm³/mol. The van der Waals surface area contributed by atoms with Crippen LogP contribution >= 0.6 is 11.6 Å². The highest BCUT2D eigenvalue weighted by Crippen LogP contribution is 2.41. The van der Waals surface area contributed by atoms with Gasteiger partial charge in [-0.25, -0.2) is 9.59 Å². The lowest BCUT2D eigenvalue weighted by Crippen LogP contribution is -2.56. The van der Waals surface area contributed by atoms with Gasteiger partial charge in [0, 0.05) is 17.6 Å².